The summed E-state index contributed by atoms with van der Waals surface area (Å²) in [7, 11) is 1.52. The largest absolute Gasteiger partial charge is 0.496 e. The normalized spacial score (nSPS) is 11.0. The Morgan fingerprint density at radius 1 is 1.00 bits per heavy atom. The van der Waals surface area contributed by atoms with Gasteiger partial charge in [-0.3, -0.25) is 4.79 Å². The molecule has 4 aromatic carbocycles. The molecule has 0 aliphatic carbocycles. The molecule has 0 heterocycles. The van der Waals surface area contributed by atoms with Crippen LogP contribution in [0.1, 0.15) is 21.5 Å². The number of nitrogens with zero attached hydrogens (tertiary/aromatic N) is 1. The first-order valence-corrected chi connectivity index (χ1v) is 10.9. The molecule has 166 valence electrons. The lowest BCUT2D eigenvalue weighted by molar-refractivity contribution is 0.0952. The van der Waals surface area contributed by atoms with Crippen LogP contribution >= 0.6 is 15.9 Å². The highest BCUT2D eigenvalue weighted by molar-refractivity contribution is 9.10. The summed E-state index contributed by atoms with van der Waals surface area (Å²) < 4.78 is 25.9. The molecule has 4 aromatic rings. The van der Waals surface area contributed by atoms with Gasteiger partial charge in [0.25, 0.3) is 5.91 Å². The van der Waals surface area contributed by atoms with Gasteiger partial charge in [-0.05, 0) is 47.2 Å². The van der Waals surface area contributed by atoms with Crippen LogP contribution in [0.5, 0.6) is 11.5 Å². The molecule has 0 atom stereocenters. The predicted octanol–water partition coefficient (Wildman–Crippen LogP) is 6.09. The molecule has 0 aliphatic rings. The number of hydrogen-bond donors (Lipinski definition) is 1. The van der Waals surface area contributed by atoms with E-state index in [2.05, 4.69) is 26.5 Å². The minimum absolute atomic E-state index is 0.0653. The van der Waals surface area contributed by atoms with Crippen molar-refractivity contribution in [3.8, 4) is 11.5 Å². The molecular formula is C26H20BrFN2O3. The average Bonchev–Trinajstić information content (AvgIpc) is 2.83. The van der Waals surface area contributed by atoms with Crippen molar-refractivity contribution in [3.63, 3.8) is 0 Å². The molecule has 33 heavy (non-hydrogen) atoms. The van der Waals surface area contributed by atoms with Crippen molar-refractivity contribution in [1.82, 2.24) is 5.43 Å². The summed E-state index contributed by atoms with van der Waals surface area (Å²) in [5.41, 5.74) is 3.97. The Kier molecular flexibility index (Phi) is 7.00. The van der Waals surface area contributed by atoms with Gasteiger partial charge in [0.05, 0.1) is 18.9 Å². The molecule has 4 rings (SSSR count). The zero-order valence-corrected chi connectivity index (χ0v) is 19.3. The van der Waals surface area contributed by atoms with E-state index >= 15 is 0 Å². The quantitative estimate of drug-likeness (QED) is 0.243. The predicted molar refractivity (Wildman–Crippen MR) is 130 cm³/mol. The molecule has 0 saturated carbocycles. The lowest BCUT2D eigenvalue weighted by Crippen LogP contribution is -2.18. The van der Waals surface area contributed by atoms with Gasteiger partial charge in [-0.15, -0.1) is 0 Å². The zero-order chi connectivity index (χ0) is 23.2. The molecule has 0 saturated heterocycles. The molecule has 1 amide bonds. The highest BCUT2D eigenvalue weighted by Crippen LogP contribution is 2.26. The van der Waals surface area contributed by atoms with Gasteiger partial charge >= 0.3 is 0 Å². The van der Waals surface area contributed by atoms with E-state index in [-0.39, 0.29) is 12.4 Å². The number of halogens is 2. The second-order valence-corrected chi connectivity index (χ2v) is 8.08. The van der Waals surface area contributed by atoms with Gasteiger partial charge in [0.2, 0.25) is 0 Å². The average molecular weight is 507 g/mol. The highest BCUT2D eigenvalue weighted by Gasteiger charge is 2.13. The van der Waals surface area contributed by atoms with Crippen molar-refractivity contribution in [2.75, 3.05) is 7.11 Å². The van der Waals surface area contributed by atoms with Gasteiger partial charge in [0.15, 0.2) is 0 Å². The van der Waals surface area contributed by atoms with Crippen LogP contribution in [-0.4, -0.2) is 19.2 Å². The summed E-state index contributed by atoms with van der Waals surface area (Å²) in [6.07, 6.45) is 1.48. The van der Waals surface area contributed by atoms with Crippen molar-refractivity contribution < 1.29 is 18.7 Å². The summed E-state index contributed by atoms with van der Waals surface area (Å²) in [4.78, 5) is 12.8. The fraction of sp³-hybridized carbons (Fsp3) is 0.0769. The van der Waals surface area contributed by atoms with E-state index in [0.717, 1.165) is 15.2 Å². The Bertz CT molecular complexity index is 1340. The summed E-state index contributed by atoms with van der Waals surface area (Å²) >= 11 is 3.42. The number of methoxy groups -OCH3 is 1. The first-order valence-electron chi connectivity index (χ1n) is 10.1. The Balaban J connectivity index is 1.51. The van der Waals surface area contributed by atoms with Crippen LogP contribution in [-0.2, 0) is 6.61 Å². The fourth-order valence-electron chi connectivity index (χ4n) is 3.31. The summed E-state index contributed by atoms with van der Waals surface area (Å²) in [6, 6.07) is 23.1. The SMILES string of the molecule is COc1cc2ccccc2cc1C(=O)N/N=C\c1cc(Br)ccc1OCc1ccccc1F. The minimum Gasteiger partial charge on any atom is -0.496 e. The van der Waals surface area contributed by atoms with Crippen LogP contribution in [0.25, 0.3) is 10.8 Å². The number of ether oxygens (including phenoxy) is 2. The number of carbonyl (C=O) groups is 1. The second-order valence-electron chi connectivity index (χ2n) is 7.16. The van der Waals surface area contributed by atoms with Crippen LogP contribution in [0.3, 0.4) is 0 Å². The first-order chi connectivity index (χ1) is 16.0. The highest BCUT2D eigenvalue weighted by atomic mass is 79.9. The maximum Gasteiger partial charge on any atom is 0.275 e. The molecule has 0 aromatic heterocycles. The second kappa shape index (κ2) is 10.3. The van der Waals surface area contributed by atoms with Gasteiger partial charge in [0.1, 0.15) is 23.9 Å². The molecule has 0 spiro atoms. The van der Waals surface area contributed by atoms with Crippen molar-refractivity contribution >= 4 is 38.8 Å². The van der Waals surface area contributed by atoms with E-state index in [1.165, 1.54) is 19.4 Å². The number of rotatable bonds is 7. The Morgan fingerprint density at radius 3 is 2.48 bits per heavy atom. The molecule has 1 N–H and O–H groups in total. The maximum absolute atomic E-state index is 13.9. The van der Waals surface area contributed by atoms with Gasteiger partial charge < -0.3 is 9.47 Å². The summed E-state index contributed by atoms with van der Waals surface area (Å²) in [5.74, 6) is 0.222. The number of nitrogens with one attached hydrogen (secondary N) is 1. The van der Waals surface area contributed by atoms with Crippen LogP contribution in [0, 0.1) is 5.82 Å². The number of fused-ring (bicyclic) bond motifs is 1. The van der Waals surface area contributed by atoms with Crippen molar-refractivity contribution in [2.24, 2.45) is 5.10 Å². The zero-order valence-electron chi connectivity index (χ0n) is 17.7. The lowest BCUT2D eigenvalue weighted by atomic mass is 10.1. The van der Waals surface area contributed by atoms with Crippen LogP contribution in [0.2, 0.25) is 0 Å². The third-order valence-corrected chi connectivity index (χ3v) is 5.49. The Labute approximate surface area is 199 Å². The molecule has 0 aliphatic heterocycles. The fourth-order valence-corrected chi connectivity index (χ4v) is 3.69. The number of hydrazone groups is 1. The van der Waals surface area contributed by atoms with Crippen molar-refractivity contribution in [2.45, 2.75) is 6.61 Å². The number of amides is 1. The summed E-state index contributed by atoms with van der Waals surface area (Å²) in [6.45, 7) is 0.0653. The number of benzene rings is 4. The van der Waals surface area contributed by atoms with Crippen LogP contribution in [0.15, 0.2) is 88.4 Å². The molecule has 0 fully saturated rings. The van der Waals surface area contributed by atoms with Crippen LogP contribution in [0.4, 0.5) is 4.39 Å². The summed E-state index contributed by atoms with van der Waals surface area (Å²) in [5, 5.41) is 5.98. The van der Waals surface area contributed by atoms with Crippen molar-refractivity contribution in [3.05, 3.63) is 106 Å². The smallest absolute Gasteiger partial charge is 0.275 e. The van der Waals surface area contributed by atoms with E-state index in [4.69, 9.17) is 9.47 Å². The Hall–Kier alpha value is -3.71. The molecular weight excluding hydrogens is 487 g/mol. The van der Waals surface area contributed by atoms with Gasteiger partial charge in [-0.2, -0.15) is 5.10 Å². The molecule has 0 bridgehead atoms. The van der Waals surface area contributed by atoms with E-state index in [9.17, 15) is 9.18 Å². The Morgan fingerprint density at radius 2 is 1.73 bits per heavy atom. The van der Waals surface area contributed by atoms with E-state index < -0.39 is 5.91 Å². The topological polar surface area (TPSA) is 59.9 Å². The molecule has 5 nitrogen and oxygen atoms in total. The minimum atomic E-state index is -0.405. The van der Waals surface area contributed by atoms with E-state index in [1.807, 2.05) is 36.4 Å². The van der Waals surface area contributed by atoms with Crippen molar-refractivity contribution in [1.29, 1.82) is 0 Å². The molecule has 0 radical (unpaired) electrons. The third kappa shape index (κ3) is 5.38. The lowest BCUT2D eigenvalue weighted by Gasteiger charge is -2.11. The van der Waals surface area contributed by atoms with Crippen LogP contribution < -0.4 is 14.9 Å². The number of hydrogen-bond acceptors (Lipinski definition) is 4. The van der Waals surface area contributed by atoms with Gasteiger partial charge in [0, 0.05) is 15.6 Å². The standard InChI is InChI=1S/C26H20BrFN2O3/c1-32-25-14-18-7-3-2-6-17(18)13-22(25)26(31)30-29-15-20-12-21(27)10-11-24(20)33-16-19-8-4-5-9-23(19)28/h2-15H,16H2,1H3,(H,30,31)/b29-15-. The number of carbonyl (C=O) groups excluding carboxylic acids is 1. The van der Waals surface area contributed by atoms with Gasteiger partial charge in [-0.25, -0.2) is 9.82 Å². The maximum atomic E-state index is 13.9. The van der Waals surface area contributed by atoms with Gasteiger partial charge in [-0.1, -0.05) is 58.4 Å². The van der Waals surface area contributed by atoms with E-state index in [1.54, 1.807) is 36.4 Å². The first kappa shape index (κ1) is 22.5. The monoisotopic (exact) mass is 506 g/mol. The third-order valence-electron chi connectivity index (χ3n) is 5.00. The van der Waals surface area contributed by atoms with E-state index in [0.29, 0.717) is 28.2 Å². The molecule has 7 heteroatoms. The molecule has 0 unspecified atom stereocenters.